The molecule has 1 saturated heterocycles. The molecule has 0 radical (unpaired) electrons. The number of rotatable bonds is 3. The van der Waals surface area contributed by atoms with Crippen LogP contribution in [-0.2, 0) is 9.53 Å². The van der Waals surface area contributed by atoms with E-state index in [1.807, 2.05) is 13.8 Å². The van der Waals surface area contributed by atoms with Gasteiger partial charge in [-0.15, -0.1) is 0 Å². The molecule has 0 bridgehead atoms. The second kappa shape index (κ2) is 6.70. The summed E-state index contributed by atoms with van der Waals surface area (Å²) in [5.41, 5.74) is 2.33. The first kappa shape index (κ1) is 16.6. The second-order valence-electron chi connectivity index (χ2n) is 7.14. The van der Waals surface area contributed by atoms with Gasteiger partial charge in [-0.3, -0.25) is 4.79 Å². The van der Waals surface area contributed by atoms with Crippen LogP contribution in [-0.4, -0.2) is 30.2 Å². The molecule has 3 unspecified atom stereocenters. The van der Waals surface area contributed by atoms with Crippen molar-refractivity contribution in [2.45, 2.75) is 51.6 Å². The van der Waals surface area contributed by atoms with Gasteiger partial charge in [-0.25, -0.2) is 4.39 Å². The first-order valence-electron chi connectivity index (χ1n) is 8.52. The predicted molar refractivity (Wildman–Crippen MR) is 85.9 cm³/mol. The number of aryl methyl sites for hydroxylation is 2. The van der Waals surface area contributed by atoms with Crippen LogP contribution in [0.4, 0.5) is 4.39 Å². The number of Topliss-reactive ketones (excluding diaryl/α,β-unsaturated/α-hetero) is 1. The Morgan fingerprint density at radius 1 is 1.22 bits per heavy atom. The molecule has 3 atom stereocenters. The Kier molecular flexibility index (Phi) is 4.83. The van der Waals surface area contributed by atoms with Crippen LogP contribution in [0, 0.1) is 31.5 Å². The molecule has 1 N–H and O–H groups in total. The Morgan fingerprint density at radius 2 is 1.83 bits per heavy atom. The Bertz CT molecular complexity index is 569. The van der Waals surface area contributed by atoms with E-state index in [1.165, 1.54) is 12.1 Å². The van der Waals surface area contributed by atoms with Gasteiger partial charge in [0.2, 0.25) is 0 Å². The summed E-state index contributed by atoms with van der Waals surface area (Å²) in [4.78, 5) is 12.5. The number of carbonyl (C=O) groups excluding carboxylic acids is 1. The minimum Gasteiger partial charge on any atom is -0.392 e. The van der Waals surface area contributed by atoms with Gasteiger partial charge in [-0.2, -0.15) is 0 Å². The Labute approximate surface area is 136 Å². The molecule has 4 heteroatoms. The van der Waals surface area contributed by atoms with E-state index in [1.54, 1.807) is 0 Å². The topological polar surface area (TPSA) is 46.5 Å². The van der Waals surface area contributed by atoms with Gasteiger partial charge in [0, 0.05) is 19.6 Å². The molecule has 1 saturated carbocycles. The quantitative estimate of drug-likeness (QED) is 0.929. The van der Waals surface area contributed by atoms with Gasteiger partial charge in [0.25, 0.3) is 0 Å². The van der Waals surface area contributed by atoms with E-state index < -0.39 is 12.0 Å². The normalized spacial score (nSPS) is 29.2. The highest BCUT2D eigenvalue weighted by Crippen LogP contribution is 2.42. The third-order valence-electron chi connectivity index (χ3n) is 5.48. The summed E-state index contributed by atoms with van der Waals surface area (Å²) in [5, 5.41) is 10.8. The lowest BCUT2D eigenvalue weighted by atomic mass is 9.83. The summed E-state index contributed by atoms with van der Waals surface area (Å²) < 4.78 is 18.9. The maximum atomic E-state index is 13.5. The van der Waals surface area contributed by atoms with Crippen molar-refractivity contribution in [3.63, 3.8) is 0 Å². The van der Waals surface area contributed by atoms with Crippen molar-refractivity contribution in [2.75, 3.05) is 13.2 Å². The third-order valence-corrected chi connectivity index (χ3v) is 5.48. The molecule has 2 aliphatic rings. The fourth-order valence-corrected chi connectivity index (χ4v) is 4.35. The maximum Gasteiger partial charge on any atom is 0.143 e. The predicted octanol–water partition coefficient (Wildman–Crippen LogP) is 3.29. The van der Waals surface area contributed by atoms with Crippen molar-refractivity contribution in [1.82, 2.24) is 0 Å². The van der Waals surface area contributed by atoms with Crippen LogP contribution in [0.5, 0.6) is 0 Å². The minimum atomic E-state index is -0.659. The van der Waals surface area contributed by atoms with Crippen molar-refractivity contribution in [3.05, 3.63) is 34.6 Å². The van der Waals surface area contributed by atoms with Crippen molar-refractivity contribution >= 4 is 5.78 Å². The number of hydrogen-bond donors (Lipinski definition) is 1. The second-order valence-corrected chi connectivity index (χ2v) is 7.14. The molecule has 1 aliphatic carbocycles. The number of ketones is 1. The highest BCUT2D eigenvalue weighted by molar-refractivity contribution is 5.89. The van der Waals surface area contributed by atoms with Crippen LogP contribution in [0.1, 0.15) is 48.3 Å². The zero-order chi connectivity index (χ0) is 16.6. The average molecular weight is 320 g/mol. The summed E-state index contributed by atoms with van der Waals surface area (Å²) in [6.45, 7) is 5.19. The first-order chi connectivity index (χ1) is 11.0. The summed E-state index contributed by atoms with van der Waals surface area (Å²) in [7, 11) is 0. The molecule has 1 aliphatic heterocycles. The highest BCUT2D eigenvalue weighted by atomic mass is 19.1. The molecule has 1 heterocycles. The number of halogens is 1. The van der Waals surface area contributed by atoms with E-state index in [0.717, 1.165) is 49.2 Å². The molecule has 0 amide bonds. The summed E-state index contributed by atoms with van der Waals surface area (Å²) in [5.74, 6) is -0.153. The van der Waals surface area contributed by atoms with Gasteiger partial charge in [0.1, 0.15) is 11.6 Å². The molecule has 2 fully saturated rings. The monoisotopic (exact) mass is 320 g/mol. The van der Waals surface area contributed by atoms with E-state index in [2.05, 4.69) is 0 Å². The molecule has 3 nitrogen and oxygen atoms in total. The fraction of sp³-hybridized carbons (Fsp3) is 0.632. The third kappa shape index (κ3) is 3.33. The average Bonchev–Trinajstić information content (AvgIpc) is 2.75. The van der Waals surface area contributed by atoms with Gasteiger partial charge in [0.15, 0.2) is 0 Å². The number of benzene rings is 1. The van der Waals surface area contributed by atoms with Crippen LogP contribution in [0.2, 0.25) is 0 Å². The first-order valence-corrected chi connectivity index (χ1v) is 8.52. The van der Waals surface area contributed by atoms with Crippen molar-refractivity contribution < 1.29 is 19.0 Å². The van der Waals surface area contributed by atoms with Crippen molar-refractivity contribution in [2.24, 2.45) is 11.8 Å². The fourth-order valence-electron chi connectivity index (χ4n) is 4.35. The van der Waals surface area contributed by atoms with E-state index in [0.29, 0.717) is 12.3 Å². The van der Waals surface area contributed by atoms with Gasteiger partial charge >= 0.3 is 0 Å². The number of hydrogen-bond acceptors (Lipinski definition) is 3. The van der Waals surface area contributed by atoms with Crippen LogP contribution in [0.3, 0.4) is 0 Å². The highest BCUT2D eigenvalue weighted by Gasteiger charge is 2.44. The molecular weight excluding hydrogens is 295 g/mol. The minimum absolute atomic E-state index is 0.0134. The Hall–Kier alpha value is -1.26. The molecular formula is C19H25FO3. The molecule has 0 aromatic heterocycles. The largest absolute Gasteiger partial charge is 0.392 e. The van der Waals surface area contributed by atoms with Crippen LogP contribution >= 0.6 is 0 Å². The van der Waals surface area contributed by atoms with Gasteiger partial charge in [-0.1, -0.05) is 0 Å². The smallest absolute Gasteiger partial charge is 0.143 e. The lowest BCUT2D eigenvalue weighted by molar-refractivity contribution is -0.119. The van der Waals surface area contributed by atoms with Gasteiger partial charge in [0.05, 0.1) is 12.0 Å². The Morgan fingerprint density at radius 3 is 2.43 bits per heavy atom. The summed E-state index contributed by atoms with van der Waals surface area (Å²) in [6, 6.07) is 2.91. The molecule has 126 valence electrons. The number of aliphatic hydroxyl groups excluding tert-OH is 1. The zero-order valence-corrected chi connectivity index (χ0v) is 13.8. The molecule has 1 aromatic rings. The van der Waals surface area contributed by atoms with Crippen molar-refractivity contribution in [3.8, 4) is 0 Å². The van der Waals surface area contributed by atoms with Crippen LogP contribution < -0.4 is 0 Å². The van der Waals surface area contributed by atoms with Crippen molar-refractivity contribution in [1.29, 1.82) is 0 Å². The maximum absolute atomic E-state index is 13.5. The van der Waals surface area contributed by atoms with Crippen LogP contribution in [0.25, 0.3) is 0 Å². The van der Waals surface area contributed by atoms with E-state index in [-0.39, 0.29) is 17.5 Å². The van der Waals surface area contributed by atoms with E-state index >= 15 is 0 Å². The number of carbonyl (C=O) groups is 1. The summed E-state index contributed by atoms with van der Waals surface area (Å²) >= 11 is 0. The lowest BCUT2D eigenvalue weighted by Gasteiger charge is -2.27. The van der Waals surface area contributed by atoms with E-state index in [4.69, 9.17) is 4.74 Å². The molecule has 3 rings (SSSR count). The van der Waals surface area contributed by atoms with E-state index in [9.17, 15) is 14.3 Å². The SMILES string of the molecule is Cc1cc(F)cc(C)c1C1C(=O)CC(CC2CCOCC2)C1O. The number of ether oxygens (including phenoxy) is 1. The molecule has 23 heavy (non-hydrogen) atoms. The van der Waals surface area contributed by atoms with Gasteiger partial charge in [-0.05, 0) is 73.8 Å². The molecule has 1 aromatic carbocycles. The Balaban J connectivity index is 1.80. The van der Waals surface area contributed by atoms with Crippen LogP contribution in [0.15, 0.2) is 12.1 Å². The standard InChI is InChI=1S/C19H25FO3/c1-11-7-15(20)8-12(2)17(11)18-16(21)10-14(19(18)22)9-13-3-5-23-6-4-13/h7-8,13-14,18-19,22H,3-6,9-10H2,1-2H3. The zero-order valence-electron chi connectivity index (χ0n) is 13.8. The summed E-state index contributed by atoms with van der Waals surface area (Å²) in [6.07, 6.45) is 2.67. The van der Waals surface area contributed by atoms with Gasteiger partial charge < -0.3 is 9.84 Å². The lowest BCUT2D eigenvalue weighted by Crippen LogP contribution is -2.26. The number of aliphatic hydroxyl groups is 1. The molecule has 0 spiro atoms.